The van der Waals surface area contributed by atoms with E-state index in [1.165, 1.54) is 37.7 Å². The number of aromatic nitrogens is 2. The average molecular weight is 502 g/mol. The van der Waals surface area contributed by atoms with Gasteiger partial charge in [0.25, 0.3) is 0 Å². The SMILES string of the molecule is CCCCN1C(=O)[C@@H]([C@H](O)C(C)C)NC(=O)C12CCN(C(c1c(C)n[nH]c1C)C1CCCCC1)CC2. The van der Waals surface area contributed by atoms with Gasteiger partial charge in [-0.2, -0.15) is 5.10 Å². The van der Waals surface area contributed by atoms with Gasteiger partial charge in [0.1, 0.15) is 11.6 Å². The highest BCUT2D eigenvalue weighted by Gasteiger charge is 2.55. The normalized spacial score (nSPS) is 25.4. The largest absolute Gasteiger partial charge is 0.390 e. The van der Waals surface area contributed by atoms with Crippen LogP contribution in [0.25, 0.3) is 0 Å². The first kappa shape index (κ1) is 27.1. The van der Waals surface area contributed by atoms with Crippen LogP contribution < -0.4 is 5.32 Å². The summed E-state index contributed by atoms with van der Waals surface area (Å²) in [5.41, 5.74) is 2.71. The third kappa shape index (κ3) is 4.95. The number of likely N-dealkylation sites (tertiary alicyclic amines) is 1. The van der Waals surface area contributed by atoms with Gasteiger partial charge < -0.3 is 15.3 Å². The number of rotatable bonds is 8. The lowest BCUT2D eigenvalue weighted by Gasteiger charge is -2.54. The Hall–Kier alpha value is -1.93. The van der Waals surface area contributed by atoms with Crippen LogP contribution in [0.2, 0.25) is 0 Å². The number of piperidine rings is 1. The van der Waals surface area contributed by atoms with Crippen molar-refractivity contribution in [2.24, 2.45) is 11.8 Å². The van der Waals surface area contributed by atoms with Gasteiger partial charge in [-0.05, 0) is 57.8 Å². The molecule has 1 aromatic heterocycles. The number of nitrogens with zero attached hydrogens (tertiary/aromatic N) is 3. The molecule has 8 heteroatoms. The molecule has 2 saturated heterocycles. The van der Waals surface area contributed by atoms with Crippen molar-refractivity contribution >= 4 is 11.8 Å². The van der Waals surface area contributed by atoms with Crippen LogP contribution >= 0.6 is 0 Å². The molecule has 1 saturated carbocycles. The summed E-state index contributed by atoms with van der Waals surface area (Å²) in [5, 5.41) is 21.4. The smallest absolute Gasteiger partial charge is 0.248 e. The number of nitrogens with one attached hydrogen (secondary N) is 2. The zero-order valence-electron chi connectivity index (χ0n) is 23.0. The third-order valence-corrected chi connectivity index (χ3v) is 9.11. The van der Waals surface area contributed by atoms with Crippen molar-refractivity contribution in [3.05, 3.63) is 17.0 Å². The predicted molar refractivity (Wildman–Crippen MR) is 140 cm³/mol. The molecule has 202 valence electrons. The molecule has 0 bridgehead atoms. The molecule has 3 N–H and O–H groups in total. The highest BCUT2D eigenvalue weighted by atomic mass is 16.3. The minimum atomic E-state index is -0.884. The van der Waals surface area contributed by atoms with E-state index >= 15 is 0 Å². The Kier molecular flexibility index (Phi) is 8.45. The summed E-state index contributed by atoms with van der Waals surface area (Å²) in [6.07, 6.45) is 8.49. The number of aliphatic hydroxyl groups excluding tert-OH is 1. The minimum absolute atomic E-state index is 0.0903. The van der Waals surface area contributed by atoms with Crippen molar-refractivity contribution in [3.63, 3.8) is 0 Å². The lowest BCUT2D eigenvalue weighted by molar-refractivity contribution is -0.166. The maximum atomic E-state index is 13.7. The number of unbranched alkanes of at least 4 members (excludes halogenated alkanes) is 1. The van der Waals surface area contributed by atoms with E-state index in [2.05, 4.69) is 41.2 Å². The van der Waals surface area contributed by atoms with E-state index in [1.807, 2.05) is 18.7 Å². The molecule has 3 fully saturated rings. The molecule has 1 aliphatic carbocycles. The fraction of sp³-hybridized carbons (Fsp3) is 0.821. The summed E-state index contributed by atoms with van der Waals surface area (Å²) < 4.78 is 0. The molecule has 1 unspecified atom stereocenters. The molecule has 3 aliphatic rings. The first-order valence-electron chi connectivity index (χ1n) is 14.3. The second-order valence-corrected chi connectivity index (χ2v) is 11.8. The maximum absolute atomic E-state index is 13.7. The summed E-state index contributed by atoms with van der Waals surface area (Å²) in [6, 6.07) is -0.562. The quantitative estimate of drug-likeness (QED) is 0.505. The number of hydrogen-bond donors (Lipinski definition) is 3. The van der Waals surface area contributed by atoms with Gasteiger partial charge in [-0.3, -0.25) is 19.6 Å². The number of piperazine rings is 1. The Morgan fingerprint density at radius 3 is 2.33 bits per heavy atom. The number of carbonyl (C=O) groups excluding carboxylic acids is 2. The fourth-order valence-electron chi connectivity index (χ4n) is 6.93. The summed E-state index contributed by atoms with van der Waals surface area (Å²) in [7, 11) is 0. The first-order chi connectivity index (χ1) is 17.2. The van der Waals surface area contributed by atoms with Gasteiger partial charge in [0, 0.05) is 36.9 Å². The van der Waals surface area contributed by atoms with Gasteiger partial charge in [-0.15, -0.1) is 0 Å². The van der Waals surface area contributed by atoms with Crippen LogP contribution in [0, 0.1) is 25.7 Å². The van der Waals surface area contributed by atoms with Crippen LogP contribution in [0.5, 0.6) is 0 Å². The monoisotopic (exact) mass is 501 g/mol. The molecule has 4 rings (SSSR count). The predicted octanol–water partition coefficient (Wildman–Crippen LogP) is 3.63. The number of amides is 2. The van der Waals surface area contributed by atoms with Crippen LogP contribution in [-0.4, -0.2) is 74.2 Å². The number of aromatic amines is 1. The molecule has 3 atom stereocenters. The highest BCUT2D eigenvalue weighted by Crippen LogP contribution is 2.44. The van der Waals surface area contributed by atoms with E-state index < -0.39 is 17.7 Å². The topological polar surface area (TPSA) is 102 Å². The van der Waals surface area contributed by atoms with Crippen molar-refractivity contribution in [2.45, 2.75) is 116 Å². The van der Waals surface area contributed by atoms with E-state index in [9.17, 15) is 14.7 Å². The molecule has 8 nitrogen and oxygen atoms in total. The fourth-order valence-corrected chi connectivity index (χ4v) is 6.93. The molecular weight excluding hydrogens is 454 g/mol. The molecule has 2 amide bonds. The van der Waals surface area contributed by atoms with Crippen molar-refractivity contribution in [2.75, 3.05) is 19.6 Å². The van der Waals surface area contributed by atoms with Gasteiger partial charge in [0.2, 0.25) is 11.8 Å². The molecule has 0 radical (unpaired) electrons. The Bertz CT molecular complexity index is 895. The van der Waals surface area contributed by atoms with E-state index in [4.69, 9.17) is 0 Å². The van der Waals surface area contributed by atoms with Crippen LogP contribution in [-0.2, 0) is 9.59 Å². The minimum Gasteiger partial charge on any atom is -0.390 e. The van der Waals surface area contributed by atoms with Crippen LogP contribution in [0.4, 0.5) is 0 Å². The second kappa shape index (κ2) is 11.2. The lowest BCUT2D eigenvalue weighted by Crippen LogP contribution is -2.75. The van der Waals surface area contributed by atoms with Gasteiger partial charge in [-0.25, -0.2) is 0 Å². The van der Waals surface area contributed by atoms with Crippen LogP contribution in [0.15, 0.2) is 0 Å². The highest BCUT2D eigenvalue weighted by molar-refractivity contribution is 6.00. The number of aliphatic hydroxyl groups is 1. The summed E-state index contributed by atoms with van der Waals surface area (Å²) in [5.74, 6) is 0.266. The summed E-state index contributed by atoms with van der Waals surface area (Å²) in [6.45, 7) is 12.2. The van der Waals surface area contributed by atoms with Gasteiger partial charge in [-0.1, -0.05) is 46.5 Å². The van der Waals surface area contributed by atoms with Crippen LogP contribution in [0.1, 0.15) is 102 Å². The average Bonchev–Trinajstić information content (AvgIpc) is 3.20. The van der Waals surface area contributed by atoms with Crippen molar-refractivity contribution in [1.82, 2.24) is 25.3 Å². The molecule has 3 heterocycles. The molecule has 36 heavy (non-hydrogen) atoms. The Labute approximate surface area is 216 Å². The Morgan fingerprint density at radius 2 is 1.78 bits per heavy atom. The van der Waals surface area contributed by atoms with E-state index in [0.717, 1.165) is 37.3 Å². The number of hydrogen-bond acceptors (Lipinski definition) is 5. The number of H-pyrrole nitrogens is 1. The molecule has 1 spiro atoms. The van der Waals surface area contributed by atoms with Crippen LogP contribution in [0.3, 0.4) is 0 Å². The van der Waals surface area contributed by atoms with Crippen molar-refractivity contribution in [1.29, 1.82) is 0 Å². The molecule has 2 aliphatic heterocycles. The van der Waals surface area contributed by atoms with Gasteiger partial charge >= 0.3 is 0 Å². The number of carbonyl (C=O) groups is 2. The van der Waals surface area contributed by atoms with Gasteiger partial charge in [0.05, 0.1) is 11.8 Å². The lowest BCUT2D eigenvalue weighted by atomic mass is 9.76. The summed E-state index contributed by atoms with van der Waals surface area (Å²) >= 11 is 0. The standard InChI is InChI=1S/C28H47N5O3/c1-6-7-15-33-26(35)23(25(34)18(2)3)29-27(36)28(33)13-16-32(17-14-28)24(21-11-9-8-10-12-21)22-19(4)30-31-20(22)5/h18,21,23-25,34H,6-17H2,1-5H3,(H,29,36)(H,30,31)/t23-,24?,25-/m1/s1. The van der Waals surface area contributed by atoms with Gasteiger partial charge in [0.15, 0.2) is 0 Å². The first-order valence-corrected chi connectivity index (χ1v) is 14.3. The van der Waals surface area contributed by atoms with E-state index in [0.29, 0.717) is 31.3 Å². The summed E-state index contributed by atoms with van der Waals surface area (Å²) in [4.78, 5) is 31.8. The van der Waals surface area contributed by atoms with Crippen molar-refractivity contribution in [3.8, 4) is 0 Å². The van der Waals surface area contributed by atoms with E-state index in [-0.39, 0.29) is 17.7 Å². The Morgan fingerprint density at radius 1 is 1.11 bits per heavy atom. The second-order valence-electron chi connectivity index (χ2n) is 11.8. The zero-order chi connectivity index (χ0) is 26.0. The third-order valence-electron chi connectivity index (χ3n) is 9.11. The zero-order valence-corrected chi connectivity index (χ0v) is 23.0. The van der Waals surface area contributed by atoms with Crippen molar-refractivity contribution < 1.29 is 14.7 Å². The number of aryl methyl sites for hydroxylation is 2. The van der Waals surface area contributed by atoms with E-state index in [1.54, 1.807) is 0 Å². The molecule has 0 aromatic carbocycles. The molecular formula is C28H47N5O3. The molecule has 1 aromatic rings. The Balaban J connectivity index is 1.59. The maximum Gasteiger partial charge on any atom is 0.248 e.